The molecule has 0 atom stereocenters. The molecule has 6 nitrogen and oxygen atoms in total. The molecule has 6 heteroatoms. The van der Waals surface area contributed by atoms with Crippen LogP contribution in [0.5, 0.6) is 0 Å². The Kier molecular flexibility index (Phi) is 11.7. The van der Waals surface area contributed by atoms with Gasteiger partial charge in [-0.25, -0.2) is 0 Å². The number of nitrogens with zero attached hydrogens (tertiary/aromatic N) is 6. The number of rotatable bonds is 9. The molecular weight excluding hydrogens is 709 g/mol. The summed E-state index contributed by atoms with van der Waals surface area (Å²) in [6.07, 6.45) is 0. The smallest absolute Gasteiger partial charge is 0.329 e. The first-order chi connectivity index (χ1) is 27.5. The highest BCUT2D eigenvalue weighted by molar-refractivity contribution is 6.10. The second kappa shape index (κ2) is 16.5. The Morgan fingerprint density at radius 1 is 0.310 bits per heavy atom. The van der Waals surface area contributed by atoms with Crippen molar-refractivity contribution in [3.63, 3.8) is 0 Å². The first-order valence-corrected chi connectivity index (χ1v) is 19.8. The predicted octanol–water partition coefficient (Wildman–Crippen LogP) is 12.0. The predicted molar refractivity (Wildman–Crippen MR) is 236 cm³/mol. The third-order valence-electron chi connectivity index (χ3n) is 10.9. The lowest BCUT2D eigenvalue weighted by molar-refractivity contribution is -0.00323. The minimum Gasteiger partial charge on any atom is -0.361 e. The number of hydrogen-bond donors (Lipinski definition) is 0. The van der Waals surface area contributed by atoms with Gasteiger partial charge >= 0.3 is 17.1 Å². The Morgan fingerprint density at radius 2 is 0.483 bits per heavy atom. The van der Waals surface area contributed by atoms with Crippen LogP contribution in [0.25, 0.3) is 16.6 Å². The Labute approximate surface area is 343 Å². The highest BCUT2D eigenvalue weighted by Gasteiger charge is 2.25. The second-order valence-corrected chi connectivity index (χ2v) is 18.1. The lowest BCUT2D eigenvalue weighted by atomic mass is 9.83. The zero-order chi connectivity index (χ0) is 41.8. The fourth-order valence-corrected chi connectivity index (χ4v) is 7.31. The molecule has 0 N–H and O–H groups in total. The van der Waals surface area contributed by atoms with Crippen molar-refractivity contribution in [1.29, 1.82) is 0 Å². The molecule has 0 bridgehead atoms. The fourth-order valence-electron chi connectivity index (χ4n) is 7.31. The van der Waals surface area contributed by atoms with Crippen molar-refractivity contribution in [3.8, 4) is 0 Å². The normalized spacial score (nSPS) is 12.2. The molecule has 0 fully saturated rings. The van der Waals surface area contributed by atoms with E-state index in [1.54, 1.807) is 0 Å². The van der Waals surface area contributed by atoms with Crippen LogP contribution in [0.1, 0.15) is 135 Å². The zero-order valence-electron chi connectivity index (χ0n) is 35.1. The molecule has 58 heavy (non-hydrogen) atoms. The Bertz CT molecular complexity index is 2250. The first kappa shape index (κ1) is 41.1. The maximum Gasteiger partial charge on any atom is 0.329 e. The highest BCUT2D eigenvalue weighted by atomic mass is 14.9. The van der Waals surface area contributed by atoms with Gasteiger partial charge in [-0.15, -0.1) is 0 Å². The average molecular weight is 761 g/mol. The lowest BCUT2D eigenvalue weighted by Gasteiger charge is -2.20. The highest BCUT2D eigenvalue weighted by Crippen LogP contribution is 2.34. The molecule has 6 aromatic carbocycles. The summed E-state index contributed by atoms with van der Waals surface area (Å²) in [6, 6.07) is 48.9. The maximum absolute atomic E-state index is 10.2. The van der Waals surface area contributed by atoms with Crippen molar-refractivity contribution < 1.29 is 14.4 Å². The van der Waals surface area contributed by atoms with Crippen LogP contribution in [0.15, 0.2) is 146 Å². The largest absolute Gasteiger partial charge is 0.361 e. The molecule has 0 heterocycles. The topological polar surface area (TPSA) is 109 Å². The molecule has 0 aromatic heterocycles. The summed E-state index contributed by atoms with van der Waals surface area (Å²) in [6.45, 7) is 19.6. The second-order valence-electron chi connectivity index (χ2n) is 18.1. The zero-order valence-corrected chi connectivity index (χ0v) is 35.1. The van der Waals surface area contributed by atoms with Gasteiger partial charge in [0.15, 0.2) is 0 Å². The van der Waals surface area contributed by atoms with Crippen LogP contribution in [0.3, 0.4) is 0 Å². The molecule has 0 saturated heterocycles. The van der Waals surface area contributed by atoms with Gasteiger partial charge in [0, 0.05) is 5.92 Å². The van der Waals surface area contributed by atoms with E-state index in [0.29, 0.717) is 17.1 Å². The van der Waals surface area contributed by atoms with Gasteiger partial charge in [0.25, 0.3) is 0 Å². The van der Waals surface area contributed by atoms with Crippen molar-refractivity contribution in [1.82, 2.24) is 0 Å². The molecule has 0 spiro atoms. The first-order valence-electron chi connectivity index (χ1n) is 19.8. The lowest BCUT2D eigenvalue weighted by Crippen LogP contribution is -2.12. The van der Waals surface area contributed by atoms with Crippen LogP contribution >= 0.6 is 0 Å². The van der Waals surface area contributed by atoms with E-state index in [4.69, 9.17) is 0 Å². The molecule has 6 aromatic rings. The van der Waals surface area contributed by atoms with E-state index in [9.17, 15) is 16.6 Å². The standard InChI is InChI=1S/C52H52N6/c1-50(2,3)43-28-22-40(23-29-43)47(56-53)37-16-10-34(11-17-37)46(35-12-18-38(19-13-35)48(57-54)41-24-30-44(31-25-41)51(4,5)6)36-14-20-39(21-15-36)49(58-55)42-26-32-45(33-27-42)52(7,8)9/h10-33,46H,1-9H3. The molecule has 0 saturated carbocycles. The maximum atomic E-state index is 10.2. The summed E-state index contributed by atoms with van der Waals surface area (Å²) < 4.78 is 0. The minimum absolute atomic E-state index is 0.0104. The van der Waals surface area contributed by atoms with E-state index in [1.807, 2.05) is 72.8 Å². The van der Waals surface area contributed by atoms with E-state index >= 15 is 0 Å². The Hall–Kier alpha value is -6.54. The van der Waals surface area contributed by atoms with Crippen molar-refractivity contribution in [3.05, 3.63) is 229 Å². The molecule has 290 valence electrons. The van der Waals surface area contributed by atoms with Crippen LogP contribution in [-0.4, -0.2) is 31.5 Å². The van der Waals surface area contributed by atoms with Crippen LogP contribution in [0.2, 0.25) is 0 Å². The quantitative estimate of drug-likeness (QED) is 0.0605. The molecular formula is C52H52N6. The van der Waals surface area contributed by atoms with Crippen molar-refractivity contribution in [2.45, 2.75) is 84.5 Å². The van der Waals surface area contributed by atoms with E-state index in [1.165, 1.54) is 16.7 Å². The molecule has 0 aliphatic heterocycles. The van der Waals surface area contributed by atoms with Crippen molar-refractivity contribution in [2.75, 3.05) is 0 Å². The van der Waals surface area contributed by atoms with Gasteiger partial charge in [0.2, 0.25) is 0 Å². The van der Waals surface area contributed by atoms with Gasteiger partial charge in [0.05, 0.1) is 33.4 Å². The molecule has 0 radical (unpaired) electrons. The SMILES string of the molecule is CC(C)(C)c1ccc(C(=[N+]=[N-])c2ccc(C(c3ccc(C(=[N+]=[N-])c4ccc(C(C)(C)C)cc4)cc3)c3ccc(C(=[N+]=[N-])c4ccc(C(C)(C)C)cc4)cc3)cc2)cc1. The average Bonchev–Trinajstić information content (AvgIpc) is 3.20. The molecule has 6 rings (SSSR count). The number of hydrogen-bond acceptors (Lipinski definition) is 0. The van der Waals surface area contributed by atoms with Crippen molar-refractivity contribution in [2.24, 2.45) is 0 Å². The summed E-state index contributed by atoms with van der Waals surface area (Å²) in [7, 11) is 0. The van der Waals surface area contributed by atoms with Crippen LogP contribution in [0, 0.1) is 0 Å². The monoisotopic (exact) mass is 760 g/mol. The van der Waals surface area contributed by atoms with E-state index < -0.39 is 0 Å². The van der Waals surface area contributed by atoms with Crippen LogP contribution < -0.4 is 0 Å². The van der Waals surface area contributed by atoms with Crippen LogP contribution in [0.4, 0.5) is 0 Å². The van der Waals surface area contributed by atoms with Crippen LogP contribution in [-0.2, 0) is 16.2 Å². The molecule has 0 aliphatic carbocycles. The summed E-state index contributed by atoms with van der Waals surface area (Å²) >= 11 is 0. The Morgan fingerprint density at radius 3 is 0.638 bits per heavy atom. The third-order valence-corrected chi connectivity index (χ3v) is 10.9. The van der Waals surface area contributed by atoms with Gasteiger partial charge in [-0.05, 0) is 122 Å². The minimum atomic E-state index is -0.182. The fraction of sp³-hybridized carbons (Fsp3) is 0.250. The molecule has 0 amide bonds. The van der Waals surface area contributed by atoms with Gasteiger partial charge in [-0.1, -0.05) is 135 Å². The summed E-state index contributed by atoms with van der Waals surface area (Å²) in [4.78, 5) is 11.1. The van der Waals surface area contributed by atoms with Gasteiger partial charge in [-0.2, -0.15) is 14.4 Å². The van der Waals surface area contributed by atoms with E-state index in [2.05, 4.69) is 149 Å². The summed E-state index contributed by atoms with van der Waals surface area (Å²) in [5.41, 5.74) is 43.6. The van der Waals surface area contributed by atoms with Gasteiger partial charge in [-0.3, -0.25) is 0 Å². The third kappa shape index (κ3) is 9.02. The van der Waals surface area contributed by atoms with Crippen molar-refractivity contribution >= 4 is 17.1 Å². The number of benzene rings is 6. The molecule has 0 unspecified atom stereocenters. The summed E-state index contributed by atoms with van der Waals surface area (Å²) in [5, 5.41) is 0. The Balaban J connectivity index is 1.37. The van der Waals surface area contributed by atoms with Gasteiger partial charge in [0.1, 0.15) is 0 Å². The van der Waals surface area contributed by atoms with E-state index in [-0.39, 0.29) is 22.2 Å². The summed E-state index contributed by atoms with van der Waals surface area (Å²) in [5.74, 6) is -0.182. The van der Waals surface area contributed by atoms with Gasteiger partial charge < -0.3 is 16.6 Å². The van der Waals surface area contributed by atoms with E-state index in [0.717, 1.165) is 50.1 Å². The molecule has 0 aliphatic rings.